The maximum atomic E-state index is 8.90. The number of thiophene rings is 1. The van der Waals surface area contributed by atoms with Gasteiger partial charge in [-0.1, -0.05) is 0 Å². The Morgan fingerprint density at radius 2 is 2.53 bits per heavy atom. The van der Waals surface area contributed by atoms with Crippen LogP contribution in [-0.4, -0.2) is 18.0 Å². The van der Waals surface area contributed by atoms with E-state index in [0.717, 1.165) is 36.9 Å². The third-order valence-corrected chi connectivity index (χ3v) is 4.37. The number of nitrogens with zero attached hydrogens (tertiary/aromatic N) is 2. The Morgan fingerprint density at radius 3 is 3.20 bits per heavy atom. The average Bonchev–Trinajstić information content (AvgIpc) is 2.64. The molecular weight excluding hydrogens is 272 g/mol. The van der Waals surface area contributed by atoms with Gasteiger partial charge >= 0.3 is 0 Å². The Kier molecular flexibility index (Phi) is 3.79. The molecule has 15 heavy (non-hydrogen) atoms. The fourth-order valence-corrected chi connectivity index (χ4v) is 3.45. The lowest BCUT2D eigenvalue weighted by atomic mass is 10.00. The number of likely N-dealkylation sites (tertiary alicyclic amines) is 1. The summed E-state index contributed by atoms with van der Waals surface area (Å²) in [5, 5.41) is 11.0. The van der Waals surface area contributed by atoms with Crippen LogP contribution in [0.5, 0.6) is 0 Å². The molecule has 0 spiro atoms. The Balaban J connectivity index is 1.92. The maximum Gasteiger partial charge on any atom is 0.0669 e. The Labute approximate surface area is 103 Å². The largest absolute Gasteiger partial charge is 0.297 e. The molecule has 2 nitrogen and oxygen atoms in total. The summed E-state index contributed by atoms with van der Waals surface area (Å²) < 4.78 is 1.16. The number of halogens is 1. The molecule has 80 valence electrons. The number of hydrogen-bond donors (Lipinski definition) is 0. The Morgan fingerprint density at radius 1 is 1.67 bits per heavy atom. The highest BCUT2D eigenvalue weighted by atomic mass is 79.9. The first-order valence-corrected chi connectivity index (χ1v) is 6.80. The van der Waals surface area contributed by atoms with Crippen molar-refractivity contribution in [3.8, 4) is 6.07 Å². The molecule has 1 atom stereocenters. The monoisotopic (exact) mass is 284 g/mol. The molecule has 2 rings (SSSR count). The number of hydrogen-bond acceptors (Lipinski definition) is 3. The van der Waals surface area contributed by atoms with E-state index in [4.69, 9.17) is 5.26 Å². The lowest BCUT2D eigenvalue weighted by Gasteiger charge is -2.28. The zero-order valence-electron chi connectivity index (χ0n) is 8.45. The molecule has 1 aliphatic rings. The molecule has 1 aliphatic heterocycles. The van der Waals surface area contributed by atoms with Crippen molar-refractivity contribution in [1.82, 2.24) is 4.90 Å². The third-order valence-electron chi connectivity index (χ3n) is 2.69. The van der Waals surface area contributed by atoms with Crippen molar-refractivity contribution >= 4 is 27.3 Å². The Hall–Kier alpha value is -0.370. The van der Waals surface area contributed by atoms with Gasteiger partial charge in [0.1, 0.15) is 0 Å². The Bertz CT molecular complexity index is 369. The quantitative estimate of drug-likeness (QED) is 0.834. The summed E-state index contributed by atoms with van der Waals surface area (Å²) in [5.74, 6) is 0.238. The van der Waals surface area contributed by atoms with E-state index in [1.54, 1.807) is 11.3 Å². The molecule has 1 aromatic rings. The number of piperidine rings is 1. The van der Waals surface area contributed by atoms with Crippen LogP contribution in [0, 0.1) is 17.2 Å². The van der Waals surface area contributed by atoms with Gasteiger partial charge in [0.05, 0.1) is 12.0 Å². The zero-order chi connectivity index (χ0) is 10.7. The highest BCUT2D eigenvalue weighted by molar-refractivity contribution is 9.10. The third kappa shape index (κ3) is 3.04. The van der Waals surface area contributed by atoms with E-state index >= 15 is 0 Å². The van der Waals surface area contributed by atoms with Gasteiger partial charge in [0.15, 0.2) is 0 Å². The van der Waals surface area contributed by atoms with Crippen LogP contribution in [0.3, 0.4) is 0 Å². The van der Waals surface area contributed by atoms with E-state index in [0.29, 0.717) is 0 Å². The average molecular weight is 285 g/mol. The number of nitriles is 1. The summed E-state index contributed by atoms with van der Waals surface area (Å²) in [7, 11) is 0. The second-order valence-electron chi connectivity index (χ2n) is 3.93. The molecule has 1 unspecified atom stereocenters. The van der Waals surface area contributed by atoms with Gasteiger partial charge in [-0.15, -0.1) is 11.3 Å². The highest BCUT2D eigenvalue weighted by Gasteiger charge is 2.19. The van der Waals surface area contributed by atoms with E-state index in [1.165, 1.54) is 4.88 Å². The topological polar surface area (TPSA) is 27.0 Å². The van der Waals surface area contributed by atoms with Crippen LogP contribution in [0.1, 0.15) is 17.7 Å². The van der Waals surface area contributed by atoms with Gasteiger partial charge in [-0.3, -0.25) is 4.90 Å². The summed E-state index contributed by atoms with van der Waals surface area (Å²) in [4.78, 5) is 3.76. The molecule has 1 aromatic heterocycles. The zero-order valence-corrected chi connectivity index (χ0v) is 10.9. The minimum Gasteiger partial charge on any atom is -0.297 e. The summed E-state index contributed by atoms with van der Waals surface area (Å²) in [5.41, 5.74) is 0. The van der Waals surface area contributed by atoms with Crippen LogP contribution in [-0.2, 0) is 6.54 Å². The molecular formula is C11H13BrN2S. The molecule has 1 fully saturated rings. The van der Waals surface area contributed by atoms with Crippen LogP contribution in [0.2, 0.25) is 0 Å². The van der Waals surface area contributed by atoms with E-state index in [9.17, 15) is 0 Å². The number of rotatable bonds is 2. The normalized spacial score (nSPS) is 22.5. The smallest absolute Gasteiger partial charge is 0.0669 e. The predicted octanol–water partition coefficient (Wildman–Crippen LogP) is 3.25. The minimum atomic E-state index is 0.238. The summed E-state index contributed by atoms with van der Waals surface area (Å²) in [6.45, 7) is 3.06. The van der Waals surface area contributed by atoms with E-state index in [2.05, 4.69) is 38.3 Å². The maximum absolute atomic E-state index is 8.90. The van der Waals surface area contributed by atoms with E-state index < -0.39 is 0 Å². The van der Waals surface area contributed by atoms with Crippen molar-refractivity contribution in [2.24, 2.45) is 5.92 Å². The summed E-state index contributed by atoms with van der Waals surface area (Å²) in [6.07, 6.45) is 2.23. The van der Waals surface area contributed by atoms with Crippen molar-refractivity contribution in [3.05, 3.63) is 20.8 Å². The molecule has 0 N–H and O–H groups in total. The molecule has 1 saturated heterocycles. The first-order valence-electron chi connectivity index (χ1n) is 5.13. The fourth-order valence-electron chi connectivity index (χ4n) is 1.96. The highest BCUT2D eigenvalue weighted by Crippen LogP contribution is 2.23. The van der Waals surface area contributed by atoms with E-state index in [-0.39, 0.29) is 5.92 Å². The summed E-state index contributed by atoms with van der Waals surface area (Å²) >= 11 is 5.24. The second kappa shape index (κ2) is 5.11. The molecule has 0 aromatic carbocycles. The van der Waals surface area contributed by atoms with Crippen molar-refractivity contribution in [1.29, 1.82) is 5.26 Å². The van der Waals surface area contributed by atoms with Gasteiger partial charge in [-0.05, 0) is 41.4 Å². The lowest BCUT2D eigenvalue weighted by Crippen LogP contribution is -2.34. The standard InChI is InChI=1S/C11H13BrN2S/c12-10-4-11(15-8-10)7-14-3-1-2-9(5-13)6-14/h4,8-9H,1-3,6-7H2. The van der Waals surface area contributed by atoms with Gasteiger partial charge in [0.2, 0.25) is 0 Å². The molecule has 0 aliphatic carbocycles. The van der Waals surface area contributed by atoms with Crippen LogP contribution < -0.4 is 0 Å². The van der Waals surface area contributed by atoms with Crippen molar-refractivity contribution in [2.75, 3.05) is 13.1 Å². The molecule has 2 heterocycles. The second-order valence-corrected chi connectivity index (χ2v) is 5.85. The van der Waals surface area contributed by atoms with Gasteiger partial charge in [-0.2, -0.15) is 5.26 Å². The van der Waals surface area contributed by atoms with Crippen molar-refractivity contribution < 1.29 is 0 Å². The molecule has 0 radical (unpaired) electrons. The first kappa shape index (κ1) is 11.1. The van der Waals surface area contributed by atoms with Crippen LogP contribution in [0.15, 0.2) is 15.9 Å². The predicted molar refractivity (Wildman–Crippen MR) is 65.6 cm³/mol. The van der Waals surface area contributed by atoms with Gasteiger partial charge < -0.3 is 0 Å². The molecule has 0 bridgehead atoms. The minimum absolute atomic E-state index is 0.238. The van der Waals surface area contributed by atoms with Gasteiger partial charge in [-0.25, -0.2) is 0 Å². The van der Waals surface area contributed by atoms with Gasteiger partial charge in [0.25, 0.3) is 0 Å². The lowest BCUT2D eigenvalue weighted by molar-refractivity contribution is 0.193. The van der Waals surface area contributed by atoms with Crippen LogP contribution >= 0.6 is 27.3 Å². The molecule has 0 saturated carbocycles. The first-order chi connectivity index (χ1) is 7.28. The summed E-state index contributed by atoms with van der Waals surface area (Å²) in [6, 6.07) is 4.54. The molecule has 4 heteroatoms. The van der Waals surface area contributed by atoms with Crippen molar-refractivity contribution in [2.45, 2.75) is 19.4 Å². The SMILES string of the molecule is N#CC1CCCN(Cc2cc(Br)cs2)C1. The van der Waals surface area contributed by atoms with Gasteiger partial charge in [0, 0.05) is 27.8 Å². The van der Waals surface area contributed by atoms with E-state index in [1.807, 2.05) is 0 Å². The van der Waals surface area contributed by atoms with Crippen molar-refractivity contribution in [3.63, 3.8) is 0 Å². The fraction of sp³-hybridized carbons (Fsp3) is 0.545. The van der Waals surface area contributed by atoms with Crippen LogP contribution in [0.25, 0.3) is 0 Å². The van der Waals surface area contributed by atoms with Crippen LogP contribution in [0.4, 0.5) is 0 Å². The molecule has 0 amide bonds.